The predicted molar refractivity (Wildman–Crippen MR) is 78.4 cm³/mol. The van der Waals surface area contributed by atoms with Gasteiger partial charge in [0.15, 0.2) is 5.75 Å². The van der Waals surface area contributed by atoms with E-state index in [1.807, 2.05) is 0 Å². The first-order chi connectivity index (χ1) is 8.90. The molecule has 100 valence electrons. The van der Waals surface area contributed by atoms with Crippen LogP contribution in [0.25, 0.3) is 0 Å². The van der Waals surface area contributed by atoms with Crippen LogP contribution in [0.15, 0.2) is 51.8 Å². The van der Waals surface area contributed by atoms with Crippen LogP contribution in [0.1, 0.15) is 0 Å². The summed E-state index contributed by atoms with van der Waals surface area (Å²) in [5.74, 6) is -0.0752. The Kier molecular flexibility index (Phi) is 4.40. The van der Waals surface area contributed by atoms with E-state index in [0.29, 0.717) is 0 Å². The van der Waals surface area contributed by atoms with Gasteiger partial charge in [0.05, 0.1) is 10.0 Å². The molecular formula is C12H7BrCl2O3S. The third kappa shape index (κ3) is 3.42. The molecule has 0 N–H and O–H groups in total. The molecule has 0 aromatic heterocycles. The van der Waals surface area contributed by atoms with Gasteiger partial charge in [-0.15, -0.1) is 0 Å². The summed E-state index contributed by atoms with van der Waals surface area (Å²) in [5.41, 5.74) is 0. The highest BCUT2D eigenvalue weighted by Crippen LogP contribution is 2.34. The van der Waals surface area contributed by atoms with E-state index >= 15 is 0 Å². The zero-order valence-corrected chi connectivity index (χ0v) is 13.2. The molecule has 7 heteroatoms. The van der Waals surface area contributed by atoms with E-state index in [1.54, 1.807) is 18.2 Å². The Balaban J connectivity index is 2.39. The zero-order valence-electron chi connectivity index (χ0n) is 9.31. The highest BCUT2D eigenvalue weighted by molar-refractivity contribution is 9.10. The topological polar surface area (TPSA) is 43.4 Å². The van der Waals surface area contributed by atoms with Crippen LogP contribution in [0, 0.1) is 0 Å². The van der Waals surface area contributed by atoms with Crippen LogP contribution in [0.2, 0.25) is 10.0 Å². The van der Waals surface area contributed by atoms with Gasteiger partial charge < -0.3 is 4.18 Å². The first kappa shape index (κ1) is 14.7. The molecule has 0 saturated heterocycles. The second-order valence-electron chi connectivity index (χ2n) is 3.54. The molecule has 3 nitrogen and oxygen atoms in total. The first-order valence-corrected chi connectivity index (χ1v) is 8.00. The molecule has 0 saturated carbocycles. The van der Waals surface area contributed by atoms with Crippen LogP contribution >= 0.6 is 39.1 Å². The maximum atomic E-state index is 12.1. The molecule has 0 spiro atoms. The molecule has 0 atom stereocenters. The van der Waals surface area contributed by atoms with Gasteiger partial charge in [-0.2, -0.15) is 8.42 Å². The third-order valence-electron chi connectivity index (χ3n) is 2.21. The molecule has 0 aliphatic rings. The van der Waals surface area contributed by atoms with E-state index in [4.69, 9.17) is 27.4 Å². The van der Waals surface area contributed by atoms with Gasteiger partial charge in [-0.25, -0.2) is 0 Å². The minimum Gasteiger partial charge on any atom is -0.376 e. The lowest BCUT2D eigenvalue weighted by molar-refractivity contribution is 0.486. The highest BCUT2D eigenvalue weighted by atomic mass is 79.9. The van der Waals surface area contributed by atoms with Gasteiger partial charge in [-0.3, -0.25) is 0 Å². The third-order valence-corrected chi connectivity index (χ3v) is 4.57. The smallest absolute Gasteiger partial charge is 0.339 e. The van der Waals surface area contributed by atoms with Crippen LogP contribution < -0.4 is 4.18 Å². The quantitative estimate of drug-likeness (QED) is 0.734. The van der Waals surface area contributed by atoms with E-state index in [0.717, 1.165) is 4.47 Å². The number of benzene rings is 2. The van der Waals surface area contributed by atoms with E-state index in [-0.39, 0.29) is 20.7 Å². The molecule has 2 aromatic carbocycles. The number of rotatable bonds is 3. The normalized spacial score (nSPS) is 11.3. The lowest BCUT2D eigenvalue weighted by atomic mass is 10.3. The lowest BCUT2D eigenvalue weighted by Crippen LogP contribution is -2.10. The Labute approximate surface area is 129 Å². The Hall–Kier alpha value is -0.750. The van der Waals surface area contributed by atoms with Crippen molar-refractivity contribution in [2.75, 3.05) is 0 Å². The van der Waals surface area contributed by atoms with E-state index in [9.17, 15) is 8.42 Å². The van der Waals surface area contributed by atoms with Crippen molar-refractivity contribution in [2.24, 2.45) is 0 Å². The SMILES string of the molecule is O=S(=O)(Oc1c(Cl)cccc1Cl)c1ccc(Br)cc1. The summed E-state index contributed by atoms with van der Waals surface area (Å²) in [7, 11) is -3.96. The Morgan fingerprint density at radius 1 is 0.947 bits per heavy atom. The molecule has 2 rings (SSSR count). The maximum Gasteiger partial charge on any atom is 0.339 e. The van der Waals surface area contributed by atoms with Gasteiger partial charge in [0, 0.05) is 4.47 Å². The average Bonchev–Trinajstić information content (AvgIpc) is 2.35. The lowest BCUT2D eigenvalue weighted by Gasteiger charge is -2.09. The summed E-state index contributed by atoms with van der Waals surface area (Å²) >= 11 is 15.0. The van der Waals surface area contributed by atoms with Crippen LogP contribution in [0.3, 0.4) is 0 Å². The second kappa shape index (κ2) is 5.71. The minimum atomic E-state index is -3.96. The predicted octanol–water partition coefficient (Wildman–Crippen LogP) is 4.52. The first-order valence-electron chi connectivity index (χ1n) is 5.04. The summed E-state index contributed by atoms with van der Waals surface area (Å²) in [4.78, 5) is 0.0201. The van der Waals surface area contributed by atoms with Gasteiger partial charge in [-0.05, 0) is 36.4 Å². The number of hydrogen-bond acceptors (Lipinski definition) is 3. The van der Waals surface area contributed by atoms with Crippen molar-refractivity contribution in [2.45, 2.75) is 4.90 Å². The standard InChI is InChI=1S/C12H7BrCl2O3S/c13-8-4-6-9(7-5-8)19(16,17)18-12-10(14)2-1-3-11(12)15/h1-7H. The highest BCUT2D eigenvalue weighted by Gasteiger charge is 2.20. The van der Waals surface area contributed by atoms with Gasteiger partial charge in [-0.1, -0.05) is 45.2 Å². The van der Waals surface area contributed by atoms with Crippen LogP contribution in [-0.4, -0.2) is 8.42 Å². The second-order valence-corrected chi connectivity index (χ2v) is 6.82. The Bertz CT molecular complexity index is 679. The largest absolute Gasteiger partial charge is 0.376 e. The average molecular weight is 382 g/mol. The number of halogens is 3. The van der Waals surface area contributed by atoms with Gasteiger partial charge in [0.1, 0.15) is 4.90 Å². The maximum absolute atomic E-state index is 12.1. The summed E-state index contributed by atoms with van der Waals surface area (Å²) in [6, 6.07) is 10.6. The van der Waals surface area contributed by atoms with Crippen LogP contribution in [0.4, 0.5) is 0 Å². The molecule has 0 fully saturated rings. The molecule has 2 aromatic rings. The van der Waals surface area contributed by atoms with Gasteiger partial charge >= 0.3 is 10.1 Å². The monoisotopic (exact) mass is 380 g/mol. The van der Waals surface area contributed by atoms with E-state index in [2.05, 4.69) is 15.9 Å². The fourth-order valence-electron chi connectivity index (χ4n) is 1.32. The summed E-state index contributed by atoms with van der Waals surface area (Å²) in [6.07, 6.45) is 0. The molecule has 0 bridgehead atoms. The zero-order chi connectivity index (χ0) is 14.0. The van der Waals surface area contributed by atoms with Crippen molar-refractivity contribution in [3.05, 3.63) is 57.0 Å². The van der Waals surface area contributed by atoms with Crippen molar-refractivity contribution in [3.8, 4) is 5.75 Å². The number of hydrogen-bond donors (Lipinski definition) is 0. The molecule has 0 unspecified atom stereocenters. The van der Waals surface area contributed by atoms with Crippen molar-refractivity contribution < 1.29 is 12.6 Å². The van der Waals surface area contributed by atoms with Crippen LogP contribution in [0.5, 0.6) is 5.75 Å². The summed E-state index contributed by atoms with van der Waals surface area (Å²) in [6.45, 7) is 0. The molecule has 0 radical (unpaired) electrons. The molecule has 0 aliphatic heterocycles. The summed E-state index contributed by atoms with van der Waals surface area (Å²) < 4.78 is 29.9. The minimum absolute atomic E-state index is 0.0201. The van der Waals surface area contributed by atoms with E-state index in [1.165, 1.54) is 24.3 Å². The molecule has 0 amide bonds. The fourth-order valence-corrected chi connectivity index (χ4v) is 3.12. The molecule has 0 aliphatic carbocycles. The van der Waals surface area contributed by atoms with Crippen molar-refractivity contribution >= 4 is 49.2 Å². The van der Waals surface area contributed by atoms with Crippen molar-refractivity contribution in [1.29, 1.82) is 0 Å². The Morgan fingerprint density at radius 2 is 1.47 bits per heavy atom. The van der Waals surface area contributed by atoms with E-state index < -0.39 is 10.1 Å². The number of para-hydroxylation sites is 1. The fraction of sp³-hybridized carbons (Fsp3) is 0. The van der Waals surface area contributed by atoms with Crippen molar-refractivity contribution in [3.63, 3.8) is 0 Å². The molecule has 19 heavy (non-hydrogen) atoms. The van der Waals surface area contributed by atoms with Gasteiger partial charge in [0.25, 0.3) is 0 Å². The van der Waals surface area contributed by atoms with Gasteiger partial charge in [0.2, 0.25) is 0 Å². The Morgan fingerprint density at radius 3 is 2.00 bits per heavy atom. The molecular weight excluding hydrogens is 375 g/mol. The van der Waals surface area contributed by atoms with Crippen LogP contribution in [-0.2, 0) is 10.1 Å². The van der Waals surface area contributed by atoms with Crippen molar-refractivity contribution in [1.82, 2.24) is 0 Å². The molecule has 0 heterocycles. The summed E-state index contributed by atoms with van der Waals surface area (Å²) in [5, 5.41) is 0.265.